The fraction of sp³-hybridized carbons (Fsp3) is 0.200. The van der Waals surface area contributed by atoms with Crippen LogP contribution in [0.15, 0.2) is 22.6 Å². The van der Waals surface area contributed by atoms with Gasteiger partial charge in [-0.05, 0) is 19.1 Å². The molecule has 72 valence electrons. The molecule has 0 saturated carbocycles. The number of Topliss-reactive ketones (excluding diaryl/α,β-unsaturated/α-hetero) is 1. The Kier molecular flexibility index (Phi) is 2.25. The lowest BCUT2D eigenvalue weighted by atomic mass is 10.3. The van der Waals surface area contributed by atoms with Gasteiger partial charge >= 0.3 is 0 Å². The van der Waals surface area contributed by atoms with Gasteiger partial charge in [-0.2, -0.15) is 0 Å². The zero-order valence-corrected chi connectivity index (χ0v) is 8.34. The topological polar surface area (TPSA) is 43.1 Å². The zero-order valence-electron chi connectivity index (χ0n) is 7.58. The third-order valence-corrected chi connectivity index (χ3v) is 2.03. The summed E-state index contributed by atoms with van der Waals surface area (Å²) in [4.78, 5) is 15.0. The lowest BCUT2D eigenvalue weighted by Gasteiger charge is -1.86. The SMILES string of the molecule is CC(=O)Cc1nc2ccc(Cl)cc2o1. The molecule has 0 bridgehead atoms. The quantitative estimate of drug-likeness (QED) is 0.764. The van der Waals surface area contributed by atoms with Crippen molar-refractivity contribution in [1.29, 1.82) is 0 Å². The summed E-state index contributed by atoms with van der Waals surface area (Å²) < 4.78 is 5.34. The minimum atomic E-state index is 0.0302. The van der Waals surface area contributed by atoms with Gasteiger partial charge in [-0.3, -0.25) is 4.79 Å². The third-order valence-electron chi connectivity index (χ3n) is 1.79. The van der Waals surface area contributed by atoms with Crippen LogP contribution in [-0.2, 0) is 11.2 Å². The lowest BCUT2D eigenvalue weighted by molar-refractivity contribution is -0.116. The number of fused-ring (bicyclic) bond motifs is 1. The molecule has 0 radical (unpaired) electrons. The highest BCUT2D eigenvalue weighted by Gasteiger charge is 2.07. The molecule has 0 spiro atoms. The summed E-state index contributed by atoms with van der Waals surface area (Å²) in [6.07, 6.45) is 0.228. The molecule has 1 aromatic heterocycles. The van der Waals surface area contributed by atoms with Gasteiger partial charge in [0.2, 0.25) is 5.89 Å². The van der Waals surface area contributed by atoms with E-state index < -0.39 is 0 Å². The van der Waals surface area contributed by atoms with Crippen LogP contribution in [0.3, 0.4) is 0 Å². The molecule has 1 heterocycles. The maximum Gasteiger partial charge on any atom is 0.202 e. The second-order valence-corrected chi connectivity index (χ2v) is 3.53. The van der Waals surface area contributed by atoms with Gasteiger partial charge in [-0.15, -0.1) is 0 Å². The highest BCUT2D eigenvalue weighted by molar-refractivity contribution is 6.31. The number of rotatable bonds is 2. The van der Waals surface area contributed by atoms with Crippen molar-refractivity contribution in [2.45, 2.75) is 13.3 Å². The number of hydrogen-bond acceptors (Lipinski definition) is 3. The molecule has 0 fully saturated rings. The second-order valence-electron chi connectivity index (χ2n) is 3.10. The Morgan fingerprint density at radius 3 is 3.07 bits per heavy atom. The van der Waals surface area contributed by atoms with E-state index in [0.717, 1.165) is 5.52 Å². The van der Waals surface area contributed by atoms with Crippen LogP contribution in [0.2, 0.25) is 5.02 Å². The van der Waals surface area contributed by atoms with Crippen LogP contribution in [0.5, 0.6) is 0 Å². The molecule has 0 saturated heterocycles. The van der Waals surface area contributed by atoms with E-state index >= 15 is 0 Å². The van der Waals surface area contributed by atoms with Crippen molar-refractivity contribution in [1.82, 2.24) is 4.98 Å². The van der Waals surface area contributed by atoms with Crippen LogP contribution in [0.1, 0.15) is 12.8 Å². The first-order chi connectivity index (χ1) is 6.65. The average Bonchev–Trinajstić information content (AvgIpc) is 2.44. The lowest BCUT2D eigenvalue weighted by Crippen LogP contribution is -1.95. The largest absolute Gasteiger partial charge is 0.440 e. The third kappa shape index (κ3) is 1.77. The summed E-state index contributed by atoms with van der Waals surface area (Å²) in [5.41, 5.74) is 1.35. The fourth-order valence-corrected chi connectivity index (χ4v) is 1.40. The van der Waals surface area contributed by atoms with Gasteiger partial charge in [-0.1, -0.05) is 11.6 Å². The van der Waals surface area contributed by atoms with E-state index in [1.807, 2.05) is 0 Å². The molecule has 2 aromatic rings. The fourth-order valence-electron chi connectivity index (χ4n) is 1.23. The zero-order chi connectivity index (χ0) is 10.1. The summed E-state index contributed by atoms with van der Waals surface area (Å²) in [5.74, 6) is 0.470. The number of halogens is 1. The first-order valence-electron chi connectivity index (χ1n) is 4.19. The van der Waals surface area contributed by atoms with E-state index in [2.05, 4.69) is 4.98 Å². The minimum absolute atomic E-state index is 0.0302. The summed E-state index contributed by atoms with van der Waals surface area (Å²) in [7, 11) is 0. The summed E-state index contributed by atoms with van der Waals surface area (Å²) >= 11 is 5.78. The molecule has 1 aromatic carbocycles. The van der Waals surface area contributed by atoms with E-state index in [1.54, 1.807) is 18.2 Å². The molecular formula is C10H8ClNO2. The number of oxazole rings is 1. The van der Waals surface area contributed by atoms with Crippen molar-refractivity contribution in [2.24, 2.45) is 0 Å². The van der Waals surface area contributed by atoms with Gasteiger partial charge in [0.05, 0.1) is 6.42 Å². The Morgan fingerprint density at radius 2 is 2.36 bits per heavy atom. The number of benzene rings is 1. The predicted octanol–water partition coefficient (Wildman–Crippen LogP) is 2.61. The predicted molar refractivity (Wildman–Crippen MR) is 53.4 cm³/mol. The van der Waals surface area contributed by atoms with Crippen molar-refractivity contribution < 1.29 is 9.21 Å². The Hall–Kier alpha value is -1.35. The number of carbonyl (C=O) groups is 1. The van der Waals surface area contributed by atoms with Crippen LogP contribution in [0, 0.1) is 0 Å². The van der Waals surface area contributed by atoms with E-state index in [4.69, 9.17) is 16.0 Å². The van der Waals surface area contributed by atoms with Gasteiger partial charge < -0.3 is 4.42 Å². The van der Waals surface area contributed by atoms with E-state index in [9.17, 15) is 4.79 Å². The Bertz CT molecular complexity index is 490. The van der Waals surface area contributed by atoms with Crippen molar-refractivity contribution in [2.75, 3.05) is 0 Å². The molecule has 0 N–H and O–H groups in total. The molecule has 0 aliphatic rings. The molecule has 2 rings (SSSR count). The summed E-state index contributed by atoms with van der Waals surface area (Å²) in [5, 5.41) is 0.600. The first kappa shape index (κ1) is 9.21. The maximum absolute atomic E-state index is 10.8. The van der Waals surface area contributed by atoms with Gasteiger partial charge in [0.15, 0.2) is 5.58 Å². The van der Waals surface area contributed by atoms with E-state index in [1.165, 1.54) is 6.92 Å². The molecule has 3 nitrogen and oxygen atoms in total. The monoisotopic (exact) mass is 209 g/mol. The second kappa shape index (κ2) is 3.42. The molecule has 0 atom stereocenters. The molecule has 0 amide bonds. The van der Waals surface area contributed by atoms with Crippen molar-refractivity contribution in [3.63, 3.8) is 0 Å². The van der Waals surface area contributed by atoms with Gasteiger partial charge in [-0.25, -0.2) is 4.98 Å². The van der Waals surface area contributed by atoms with E-state index in [0.29, 0.717) is 16.5 Å². The van der Waals surface area contributed by atoms with Crippen LogP contribution in [-0.4, -0.2) is 10.8 Å². The Balaban J connectivity index is 2.46. The molecule has 14 heavy (non-hydrogen) atoms. The normalized spacial score (nSPS) is 10.7. The maximum atomic E-state index is 10.8. The Labute approximate surface area is 85.7 Å². The van der Waals surface area contributed by atoms with Gasteiger partial charge in [0.1, 0.15) is 11.3 Å². The first-order valence-corrected chi connectivity index (χ1v) is 4.57. The number of ketones is 1. The van der Waals surface area contributed by atoms with Crippen molar-refractivity contribution in [3.05, 3.63) is 29.1 Å². The molecule has 0 unspecified atom stereocenters. The van der Waals surface area contributed by atoms with Gasteiger partial charge in [0.25, 0.3) is 0 Å². The highest BCUT2D eigenvalue weighted by Crippen LogP contribution is 2.20. The summed E-state index contributed by atoms with van der Waals surface area (Å²) in [6, 6.07) is 5.20. The molecule has 0 aliphatic carbocycles. The van der Waals surface area contributed by atoms with Crippen LogP contribution < -0.4 is 0 Å². The van der Waals surface area contributed by atoms with Crippen LogP contribution in [0.4, 0.5) is 0 Å². The smallest absolute Gasteiger partial charge is 0.202 e. The van der Waals surface area contributed by atoms with Crippen LogP contribution in [0.25, 0.3) is 11.1 Å². The highest BCUT2D eigenvalue weighted by atomic mass is 35.5. The van der Waals surface area contributed by atoms with Crippen molar-refractivity contribution in [3.8, 4) is 0 Å². The van der Waals surface area contributed by atoms with Gasteiger partial charge in [0, 0.05) is 11.1 Å². The standard InChI is InChI=1S/C10H8ClNO2/c1-6(13)4-10-12-8-3-2-7(11)5-9(8)14-10/h2-3,5H,4H2,1H3. The Morgan fingerprint density at radius 1 is 1.57 bits per heavy atom. The minimum Gasteiger partial charge on any atom is -0.440 e. The van der Waals surface area contributed by atoms with Crippen LogP contribution >= 0.6 is 11.6 Å². The number of aromatic nitrogens is 1. The molecular weight excluding hydrogens is 202 g/mol. The number of carbonyl (C=O) groups excluding carboxylic acids is 1. The molecule has 4 heteroatoms. The molecule has 0 aliphatic heterocycles. The van der Waals surface area contributed by atoms with Crippen molar-refractivity contribution >= 4 is 28.5 Å². The number of hydrogen-bond donors (Lipinski definition) is 0. The summed E-state index contributed by atoms with van der Waals surface area (Å²) in [6.45, 7) is 1.50. The average molecular weight is 210 g/mol. The number of nitrogens with zero attached hydrogens (tertiary/aromatic N) is 1. The van der Waals surface area contributed by atoms with E-state index in [-0.39, 0.29) is 12.2 Å².